The highest BCUT2D eigenvalue weighted by Crippen LogP contribution is 2.36. The van der Waals surface area contributed by atoms with Gasteiger partial charge in [0.1, 0.15) is 12.4 Å². The molecule has 0 radical (unpaired) electrons. The summed E-state index contributed by atoms with van der Waals surface area (Å²) in [7, 11) is 1.87. The Hall–Kier alpha value is -0.230. The van der Waals surface area contributed by atoms with Crippen LogP contribution in [0.3, 0.4) is 0 Å². The van der Waals surface area contributed by atoms with E-state index in [1.54, 1.807) is 4.68 Å². The van der Waals surface area contributed by atoms with Gasteiger partial charge in [0, 0.05) is 12.9 Å². The van der Waals surface area contributed by atoms with Gasteiger partial charge in [-0.05, 0) is 56.0 Å². The van der Waals surface area contributed by atoms with Crippen molar-refractivity contribution in [1.82, 2.24) is 9.78 Å². The maximum absolute atomic E-state index is 6.32. The fourth-order valence-electron chi connectivity index (χ4n) is 1.94. The average molecular weight is 457 g/mol. The number of benzene rings is 1. The lowest BCUT2D eigenvalue weighted by Crippen LogP contribution is -2.04. The van der Waals surface area contributed by atoms with Crippen molar-refractivity contribution < 1.29 is 4.74 Å². The Morgan fingerprint density at radius 3 is 2.38 bits per heavy atom. The number of alkyl halides is 1. The second-order valence-corrected chi connectivity index (χ2v) is 6.85. The molecule has 0 spiro atoms. The number of hydrogen-bond acceptors (Lipinski definition) is 2. The molecule has 1 aromatic carbocycles. The van der Waals surface area contributed by atoms with Gasteiger partial charge in [-0.15, -0.1) is 11.6 Å². The van der Waals surface area contributed by atoms with Crippen LogP contribution < -0.4 is 4.74 Å². The molecule has 0 saturated heterocycles. The van der Waals surface area contributed by atoms with Gasteiger partial charge >= 0.3 is 0 Å². The van der Waals surface area contributed by atoms with E-state index in [2.05, 4.69) is 37.0 Å². The predicted octanol–water partition coefficient (Wildman–Crippen LogP) is 5.48. The van der Waals surface area contributed by atoms with Crippen LogP contribution in [-0.4, -0.2) is 9.78 Å². The van der Waals surface area contributed by atoms with Gasteiger partial charge in [0.05, 0.1) is 25.4 Å². The Balaban J connectivity index is 2.23. The first-order valence-electron chi connectivity index (χ1n) is 6.34. The lowest BCUT2D eigenvalue weighted by Gasteiger charge is -2.12. The third kappa shape index (κ3) is 3.76. The second kappa shape index (κ2) is 7.36. The van der Waals surface area contributed by atoms with Crippen LogP contribution >= 0.6 is 55.1 Å². The molecule has 2 aromatic rings. The van der Waals surface area contributed by atoms with E-state index in [-0.39, 0.29) is 0 Å². The SMILES string of the molecule is CCc1nn(C)c(COc2c(Br)cc(CCl)cc2Br)c1Cl. The van der Waals surface area contributed by atoms with Crippen molar-refractivity contribution in [1.29, 1.82) is 0 Å². The normalized spacial score (nSPS) is 11.0. The number of halogens is 4. The van der Waals surface area contributed by atoms with E-state index in [1.165, 1.54) is 0 Å². The van der Waals surface area contributed by atoms with E-state index >= 15 is 0 Å². The smallest absolute Gasteiger partial charge is 0.148 e. The molecule has 114 valence electrons. The largest absolute Gasteiger partial charge is 0.485 e. The Labute approximate surface area is 150 Å². The number of rotatable bonds is 5. The lowest BCUT2D eigenvalue weighted by atomic mass is 10.2. The minimum absolute atomic E-state index is 0.347. The molecular weight excluding hydrogens is 443 g/mol. The van der Waals surface area contributed by atoms with Crippen LogP contribution in [0.2, 0.25) is 5.02 Å². The van der Waals surface area contributed by atoms with Gasteiger partial charge < -0.3 is 4.74 Å². The molecule has 0 N–H and O–H groups in total. The predicted molar refractivity (Wildman–Crippen MR) is 93.3 cm³/mol. The van der Waals surface area contributed by atoms with E-state index in [0.717, 1.165) is 38.1 Å². The molecule has 0 fully saturated rings. The first-order valence-corrected chi connectivity index (χ1v) is 8.84. The summed E-state index contributed by atoms with van der Waals surface area (Å²) in [5, 5.41) is 5.05. The van der Waals surface area contributed by atoms with Crippen molar-refractivity contribution in [2.75, 3.05) is 0 Å². The molecular formula is C14H14Br2Cl2N2O. The second-order valence-electron chi connectivity index (χ2n) is 4.50. The molecule has 0 unspecified atom stereocenters. The molecule has 0 saturated carbocycles. The summed E-state index contributed by atoms with van der Waals surface area (Å²) in [6.07, 6.45) is 0.796. The Bertz CT molecular complexity index is 636. The summed E-state index contributed by atoms with van der Waals surface area (Å²) in [6.45, 7) is 2.37. The van der Waals surface area contributed by atoms with Crippen LogP contribution in [0.25, 0.3) is 0 Å². The first kappa shape index (κ1) is 17.1. The Morgan fingerprint density at radius 2 is 1.90 bits per heavy atom. The molecule has 21 heavy (non-hydrogen) atoms. The van der Waals surface area contributed by atoms with E-state index < -0.39 is 0 Å². The summed E-state index contributed by atoms with van der Waals surface area (Å²) >= 11 is 19.2. The third-order valence-corrected chi connectivity index (χ3v) is 4.99. The summed E-state index contributed by atoms with van der Waals surface area (Å²) in [6, 6.07) is 3.88. The fourth-order valence-corrected chi connectivity index (χ4v) is 3.96. The van der Waals surface area contributed by atoms with Crippen molar-refractivity contribution >= 4 is 55.1 Å². The van der Waals surface area contributed by atoms with Crippen LogP contribution in [0.4, 0.5) is 0 Å². The highest BCUT2D eigenvalue weighted by Gasteiger charge is 2.15. The summed E-state index contributed by atoms with van der Waals surface area (Å²) in [5.41, 5.74) is 2.75. The number of aromatic nitrogens is 2. The lowest BCUT2D eigenvalue weighted by molar-refractivity contribution is 0.291. The molecule has 0 aliphatic rings. The van der Waals surface area contributed by atoms with E-state index in [9.17, 15) is 0 Å². The molecule has 1 heterocycles. The zero-order chi connectivity index (χ0) is 15.6. The van der Waals surface area contributed by atoms with Crippen molar-refractivity contribution in [3.63, 3.8) is 0 Å². The van der Waals surface area contributed by atoms with Gasteiger partial charge in [0.25, 0.3) is 0 Å². The summed E-state index contributed by atoms with van der Waals surface area (Å²) in [5.74, 6) is 1.17. The molecule has 0 atom stereocenters. The van der Waals surface area contributed by atoms with Crippen molar-refractivity contribution in [3.05, 3.63) is 43.1 Å². The Kier molecular flexibility index (Phi) is 6.00. The summed E-state index contributed by atoms with van der Waals surface area (Å²) in [4.78, 5) is 0. The van der Waals surface area contributed by atoms with Crippen LogP contribution in [0, 0.1) is 0 Å². The van der Waals surface area contributed by atoms with Crippen molar-refractivity contribution in [2.24, 2.45) is 7.05 Å². The van der Waals surface area contributed by atoms with Crippen LogP contribution in [-0.2, 0) is 26.0 Å². The van der Waals surface area contributed by atoms with Gasteiger partial charge in [-0.25, -0.2) is 0 Å². The molecule has 3 nitrogen and oxygen atoms in total. The fraction of sp³-hybridized carbons (Fsp3) is 0.357. The topological polar surface area (TPSA) is 27.1 Å². The van der Waals surface area contributed by atoms with Crippen LogP contribution in [0.5, 0.6) is 5.75 Å². The number of ether oxygens (including phenoxy) is 1. The van der Waals surface area contributed by atoms with E-state index in [4.69, 9.17) is 27.9 Å². The minimum Gasteiger partial charge on any atom is -0.485 e. The van der Waals surface area contributed by atoms with Gasteiger partial charge in [-0.3, -0.25) is 4.68 Å². The number of hydrogen-bond donors (Lipinski definition) is 0. The van der Waals surface area contributed by atoms with Crippen LogP contribution in [0.1, 0.15) is 23.9 Å². The summed E-state index contributed by atoms with van der Waals surface area (Å²) < 4.78 is 9.35. The highest BCUT2D eigenvalue weighted by molar-refractivity contribution is 9.11. The zero-order valence-corrected chi connectivity index (χ0v) is 16.3. The van der Waals surface area contributed by atoms with Crippen molar-refractivity contribution in [2.45, 2.75) is 25.8 Å². The minimum atomic E-state index is 0.347. The van der Waals surface area contributed by atoms with E-state index in [1.807, 2.05) is 26.1 Å². The molecule has 0 bridgehead atoms. The third-order valence-electron chi connectivity index (χ3n) is 3.07. The zero-order valence-electron chi connectivity index (χ0n) is 11.6. The number of aryl methyl sites for hydroxylation is 2. The Morgan fingerprint density at radius 1 is 1.29 bits per heavy atom. The maximum atomic E-state index is 6.32. The quantitative estimate of drug-likeness (QED) is 0.557. The number of nitrogens with zero attached hydrogens (tertiary/aromatic N) is 2. The molecule has 0 aliphatic heterocycles. The van der Waals surface area contributed by atoms with Gasteiger partial charge in [-0.2, -0.15) is 5.10 Å². The molecule has 0 aliphatic carbocycles. The highest BCUT2D eigenvalue weighted by atomic mass is 79.9. The maximum Gasteiger partial charge on any atom is 0.148 e. The van der Waals surface area contributed by atoms with Gasteiger partial charge in [-0.1, -0.05) is 18.5 Å². The van der Waals surface area contributed by atoms with Gasteiger partial charge in [0.2, 0.25) is 0 Å². The molecule has 0 amide bonds. The van der Waals surface area contributed by atoms with Crippen LogP contribution in [0.15, 0.2) is 21.1 Å². The monoisotopic (exact) mass is 454 g/mol. The molecule has 2 rings (SSSR count). The first-order chi connectivity index (χ1) is 9.97. The standard InChI is InChI=1S/C14H14Br2Cl2N2O/c1-3-11-13(18)12(20(2)19-11)7-21-14-9(15)4-8(6-17)5-10(14)16/h4-5H,3,6-7H2,1-2H3. The molecule has 7 heteroatoms. The van der Waals surface area contributed by atoms with Crippen molar-refractivity contribution in [3.8, 4) is 5.75 Å². The molecule has 1 aromatic heterocycles. The average Bonchev–Trinajstić information content (AvgIpc) is 2.72. The van der Waals surface area contributed by atoms with Gasteiger partial charge in [0.15, 0.2) is 0 Å². The van der Waals surface area contributed by atoms with E-state index in [0.29, 0.717) is 17.5 Å².